The van der Waals surface area contributed by atoms with E-state index >= 15 is 0 Å². The quantitative estimate of drug-likeness (QED) is 0.282. The van der Waals surface area contributed by atoms with Crippen LogP contribution in [0.15, 0.2) is 42.0 Å². The molecule has 1 aliphatic rings. The molecule has 1 aromatic heterocycles. The Balaban J connectivity index is 1.69. The molecule has 0 spiro atoms. The highest BCUT2D eigenvalue weighted by molar-refractivity contribution is 7.16. The summed E-state index contributed by atoms with van der Waals surface area (Å²) in [4.78, 5) is 26.0. The van der Waals surface area contributed by atoms with Crippen LogP contribution in [0.25, 0.3) is 16.8 Å². The van der Waals surface area contributed by atoms with Gasteiger partial charge in [-0.3, -0.25) is 4.79 Å². The Morgan fingerprint density at radius 3 is 2.71 bits per heavy atom. The van der Waals surface area contributed by atoms with E-state index in [0.29, 0.717) is 21.9 Å². The molecular formula is C27H23N3O4S. The SMILES string of the molecule is CCOC(=O)COc1ccc2ccccc2c1/C=C(\C#N)C(=O)Nc1sc2c(c1C#N)CCCC2. The Kier molecular flexibility index (Phi) is 7.45. The number of nitrogens with zero attached hydrogens (tertiary/aromatic N) is 2. The Labute approximate surface area is 207 Å². The van der Waals surface area contributed by atoms with Crippen LogP contribution >= 0.6 is 11.3 Å². The average molecular weight is 486 g/mol. The fourth-order valence-electron chi connectivity index (χ4n) is 4.13. The lowest BCUT2D eigenvalue weighted by Crippen LogP contribution is -2.15. The molecule has 0 radical (unpaired) electrons. The molecule has 4 rings (SSSR count). The Morgan fingerprint density at radius 2 is 1.94 bits per heavy atom. The summed E-state index contributed by atoms with van der Waals surface area (Å²) in [6, 6.07) is 15.2. The molecule has 0 fully saturated rings. The fraction of sp³-hybridized carbons (Fsp3) is 0.259. The normalized spacial score (nSPS) is 12.8. The molecule has 2 aromatic carbocycles. The zero-order valence-electron chi connectivity index (χ0n) is 19.2. The van der Waals surface area contributed by atoms with Gasteiger partial charge in [-0.05, 0) is 61.1 Å². The van der Waals surface area contributed by atoms with Crippen LogP contribution in [-0.4, -0.2) is 25.1 Å². The Hall–Kier alpha value is -4.14. The van der Waals surface area contributed by atoms with E-state index in [9.17, 15) is 20.1 Å². The number of benzene rings is 2. The van der Waals surface area contributed by atoms with Crippen molar-refractivity contribution in [2.75, 3.05) is 18.5 Å². The summed E-state index contributed by atoms with van der Waals surface area (Å²) < 4.78 is 10.6. The number of ether oxygens (including phenoxy) is 2. The van der Waals surface area contributed by atoms with E-state index in [2.05, 4.69) is 11.4 Å². The van der Waals surface area contributed by atoms with Crippen molar-refractivity contribution in [2.24, 2.45) is 0 Å². The minimum Gasteiger partial charge on any atom is -0.481 e. The standard InChI is InChI=1S/C27H23N3O4S/c1-2-33-25(31)16-34-23-12-11-17-7-3-4-8-19(17)21(23)13-18(14-28)26(32)30-27-22(15-29)20-9-5-6-10-24(20)35-27/h3-4,7-8,11-13H,2,5-6,9-10,16H2,1H3,(H,30,32)/b18-13+. The summed E-state index contributed by atoms with van der Waals surface area (Å²) in [6.07, 6.45) is 5.25. The van der Waals surface area contributed by atoms with Crippen LogP contribution in [0.4, 0.5) is 5.00 Å². The van der Waals surface area contributed by atoms with E-state index < -0.39 is 11.9 Å². The van der Waals surface area contributed by atoms with Crippen molar-refractivity contribution in [3.05, 3.63) is 63.5 Å². The number of anilines is 1. The van der Waals surface area contributed by atoms with Gasteiger partial charge in [-0.15, -0.1) is 11.3 Å². The smallest absolute Gasteiger partial charge is 0.344 e. The molecule has 3 aromatic rings. The van der Waals surface area contributed by atoms with Crippen molar-refractivity contribution < 1.29 is 19.1 Å². The molecule has 0 unspecified atom stereocenters. The summed E-state index contributed by atoms with van der Waals surface area (Å²) in [5.41, 5.74) is 1.85. The molecule has 0 saturated heterocycles. The molecule has 0 atom stereocenters. The van der Waals surface area contributed by atoms with Crippen LogP contribution in [0.5, 0.6) is 5.75 Å². The fourth-order valence-corrected chi connectivity index (χ4v) is 5.36. The number of carbonyl (C=O) groups is 2. The minimum absolute atomic E-state index is 0.141. The number of nitrogens with one attached hydrogen (secondary N) is 1. The monoisotopic (exact) mass is 485 g/mol. The number of aryl methyl sites for hydroxylation is 1. The molecule has 1 aliphatic carbocycles. The van der Waals surface area contributed by atoms with E-state index in [1.54, 1.807) is 13.0 Å². The average Bonchev–Trinajstić information content (AvgIpc) is 3.23. The van der Waals surface area contributed by atoms with Crippen LogP contribution < -0.4 is 10.1 Å². The third-order valence-electron chi connectivity index (χ3n) is 5.75. The third-order valence-corrected chi connectivity index (χ3v) is 6.95. The van der Waals surface area contributed by atoms with Crippen molar-refractivity contribution in [1.82, 2.24) is 0 Å². The van der Waals surface area contributed by atoms with Crippen LogP contribution in [0.3, 0.4) is 0 Å². The first kappa shape index (κ1) is 24.0. The minimum atomic E-state index is -0.605. The molecule has 0 saturated carbocycles. The molecule has 1 amide bonds. The molecule has 176 valence electrons. The van der Waals surface area contributed by atoms with Gasteiger partial charge in [0.05, 0.1) is 12.2 Å². The molecular weight excluding hydrogens is 462 g/mol. The number of rotatable bonds is 7. The molecule has 7 nitrogen and oxygen atoms in total. The van der Waals surface area contributed by atoms with E-state index in [0.717, 1.165) is 46.9 Å². The van der Waals surface area contributed by atoms with Crippen molar-refractivity contribution in [3.63, 3.8) is 0 Å². The van der Waals surface area contributed by atoms with Gasteiger partial charge in [0.25, 0.3) is 5.91 Å². The number of nitriles is 2. The number of carbonyl (C=O) groups excluding carboxylic acids is 2. The topological polar surface area (TPSA) is 112 Å². The van der Waals surface area contributed by atoms with Crippen molar-refractivity contribution >= 4 is 45.1 Å². The number of esters is 1. The van der Waals surface area contributed by atoms with Gasteiger partial charge in [0, 0.05) is 10.4 Å². The van der Waals surface area contributed by atoms with E-state index in [4.69, 9.17) is 9.47 Å². The van der Waals surface area contributed by atoms with Gasteiger partial charge in [-0.2, -0.15) is 10.5 Å². The Bertz CT molecular complexity index is 1410. The number of fused-ring (bicyclic) bond motifs is 2. The second kappa shape index (κ2) is 10.9. The van der Waals surface area contributed by atoms with Gasteiger partial charge < -0.3 is 14.8 Å². The van der Waals surface area contributed by atoms with Gasteiger partial charge >= 0.3 is 5.97 Å². The highest BCUT2D eigenvalue weighted by Gasteiger charge is 2.23. The summed E-state index contributed by atoms with van der Waals surface area (Å²) in [7, 11) is 0. The van der Waals surface area contributed by atoms with Crippen molar-refractivity contribution in [1.29, 1.82) is 10.5 Å². The summed E-state index contributed by atoms with van der Waals surface area (Å²) in [5.74, 6) is -0.770. The maximum atomic E-state index is 13.1. The van der Waals surface area contributed by atoms with E-state index in [-0.39, 0.29) is 18.8 Å². The summed E-state index contributed by atoms with van der Waals surface area (Å²) >= 11 is 1.40. The number of amides is 1. The molecule has 0 aliphatic heterocycles. The third kappa shape index (κ3) is 5.18. The van der Waals surface area contributed by atoms with Gasteiger partial charge in [-0.25, -0.2) is 4.79 Å². The predicted molar refractivity (Wildman–Crippen MR) is 134 cm³/mol. The maximum Gasteiger partial charge on any atom is 0.344 e. The summed E-state index contributed by atoms with van der Waals surface area (Å²) in [6.45, 7) is 1.65. The first-order valence-electron chi connectivity index (χ1n) is 11.3. The highest BCUT2D eigenvalue weighted by atomic mass is 32.1. The van der Waals surface area contributed by atoms with Crippen molar-refractivity contribution in [2.45, 2.75) is 32.6 Å². The zero-order valence-corrected chi connectivity index (χ0v) is 20.0. The van der Waals surface area contributed by atoms with Crippen LogP contribution in [0.2, 0.25) is 0 Å². The lowest BCUT2D eigenvalue weighted by atomic mass is 9.96. The molecule has 0 bridgehead atoms. The zero-order chi connectivity index (χ0) is 24.8. The maximum absolute atomic E-state index is 13.1. The van der Waals surface area contributed by atoms with Gasteiger partial charge in [0.2, 0.25) is 0 Å². The van der Waals surface area contributed by atoms with E-state index in [1.165, 1.54) is 17.4 Å². The number of hydrogen-bond donors (Lipinski definition) is 1. The molecule has 1 heterocycles. The lowest BCUT2D eigenvalue weighted by molar-refractivity contribution is -0.145. The van der Waals surface area contributed by atoms with Crippen molar-refractivity contribution in [3.8, 4) is 17.9 Å². The van der Waals surface area contributed by atoms with Crippen LogP contribution in [0.1, 0.15) is 41.3 Å². The van der Waals surface area contributed by atoms with Gasteiger partial charge in [0.15, 0.2) is 6.61 Å². The first-order chi connectivity index (χ1) is 17.0. The second-order valence-electron chi connectivity index (χ2n) is 7.94. The van der Waals surface area contributed by atoms with Gasteiger partial charge in [0.1, 0.15) is 28.5 Å². The van der Waals surface area contributed by atoms with Crippen LogP contribution in [-0.2, 0) is 27.2 Å². The lowest BCUT2D eigenvalue weighted by Gasteiger charge is -2.12. The predicted octanol–water partition coefficient (Wildman–Crippen LogP) is 5.14. The molecule has 35 heavy (non-hydrogen) atoms. The highest BCUT2D eigenvalue weighted by Crippen LogP contribution is 2.38. The van der Waals surface area contributed by atoms with Gasteiger partial charge in [-0.1, -0.05) is 30.3 Å². The van der Waals surface area contributed by atoms with Crippen LogP contribution in [0, 0.1) is 22.7 Å². The number of thiophene rings is 1. The number of hydrogen-bond acceptors (Lipinski definition) is 7. The van der Waals surface area contributed by atoms with E-state index in [1.807, 2.05) is 36.4 Å². The molecule has 8 heteroatoms. The summed E-state index contributed by atoms with van der Waals surface area (Å²) in [5, 5.41) is 24.4. The molecule has 1 N–H and O–H groups in total. The second-order valence-corrected chi connectivity index (χ2v) is 9.05. The Morgan fingerprint density at radius 1 is 1.14 bits per heavy atom. The largest absolute Gasteiger partial charge is 0.481 e. The first-order valence-corrected chi connectivity index (χ1v) is 12.1.